The quantitative estimate of drug-likeness (QED) is 0.842. The third-order valence-electron chi connectivity index (χ3n) is 4.66. The maximum absolute atomic E-state index is 4.72. The number of rotatable bonds is 6. The minimum Gasteiger partial charge on any atom is -0.313 e. The van der Waals surface area contributed by atoms with Gasteiger partial charge in [0.05, 0.1) is 0 Å². The highest BCUT2D eigenvalue weighted by Gasteiger charge is 2.33. The fourth-order valence-electron chi connectivity index (χ4n) is 3.47. The van der Waals surface area contributed by atoms with E-state index in [1.165, 1.54) is 56.2 Å². The highest BCUT2D eigenvalue weighted by molar-refractivity contribution is 5.27. The Labute approximate surface area is 117 Å². The maximum Gasteiger partial charge on any atom is 0.0481 e. The lowest BCUT2D eigenvalue weighted by molar-refractivity contribution is 0.354. The largest absolute Gasteiger partial charge is 0.313 e. The van der Waals surface area contributed by atoms with Gasteiger partial charge in [0.15, 0.2) is 0 Å². The van der Waals surface area contributed by atoms with Crippen LogP contribution in [-0.4, -0.2) is 17.6 Å². The van der Waals surface area contributed by atoms with E-state index < -0.39 is 0 Å². The first kappa shape index (κ1) is 13.1. The first-order chi connectivity index (χ1) is 9.38. The first-order valence-corrected chi connectivity index (χ1v) is 8.05. The molecule has 1 aromatic rings. The van der Waals surface area contributed by atoms with Crippen LogP contribution < -0.4 is 5.32 Å². The third-order valence-corrected chi connectivity index (χ3v) is 4.66. The molecule has 1 N–H and O–H groups in total. The van der Waals surface area contributed by atoms with Gasteiger partial charge < -0.3 is 5.32 Å². The molecule has 2 unspecified atom stereocenters. The fraction of sp³-hybridized carbons (Fsp3) is 0.706. The summed E-state index contributed by atoms with van der Waals surface area (Å²) in [6.45, 7) is 3.41. The molecule has 1 aromatic heterocycles. The molecule has 1 heterocycles. The van der Waals surface area contributed by atoms with Gasteiger partial charge in [-0.05, 0) is 56.2 Å². The molecule has 0 radical (unpaired) electrons. The predicted molar refractivity (Wildman–Crippen MR) is 79.3 cm³/mol. The lowest BCUT2D eigenvalue weighted by Crippen LogP contribution is -2.38. The second-order valence-corrected chi connectivity index (χ2v) is 6.29. The number of nitrogens with zero attached hydrogens (tertiary/aromatic N) is 1. The average Bonchev–Trinajstić information content (AvgIpc) is 3.27. The molecule has 104 valence electrons. The molecule has 0 aliphatic heterocycles. The minimum absolute atomic E-state index is 0.650. The van der Waals surface area contributed by atoms with Gasteiger partial charge in [0.2, 0.25) is 0 Å². The summed E-state index contributed by atoms with van der Waals surface area (Å²) in [5.74, 6) is 1.64. The SMILES string of the molecule is CCCNC(CC1CC1)C1CCCc2cccnc21. The molecular formula is C17H26N2. The van der Waals surface area contributed by atoms with Gasteiger partial charge in [0.25, 0.3) is 0 Å². The number of aromatic nitrogens is 1. The van der Waals surface area contributed by atoms with Crippen LogP contribution in [0.5, 0.6) is 0 Å². The van der Waals surface area contributed by atoms with Gasteiger partial charge in [-0.3, -0.25) is 4.98 Å². The summed E-state index contributed by atoms with van der Waals surface area (Å²) in [4.78, 5) is 4.72. The van der Waals surface area contributed by atoms with E-state index in [1.807, 2.05) is 6.20 Å². The van der Waals surface area contributed by atoms with E-state index in [-0.39, 0.29) is 0 Å². The van der Waals surface area contributed by atoms with Crippen molar-refractivity contribution >= 4 is 0 Å². The molecule has 0 aromatic carbocycles. The predicted octanol–water partition coefficient (Wildman–Crippen LogP) is 3.67. The van der Waals surface area contributed by atoms with Gasteiger partial charge in [-0.1, -0.05) is 25.8 Å². The summed E-state index contributed by atoms with van der Waals surface area (Å²) in [7, 11) is 0. The standard InChI is InChI=1S/C17H26N2/c1-2-10-18-16(12-13-8-9-13)15-7-3-5-14-6-4-11-19-17(14)15/h4,6,11,13,15-16,18H,2-3,5,7-10,12H2,1H3. The second-order valence-electron chi connectivity index (χ2n) is 6.29. The maximum atomic E-state index is 4.72. The second kappa shape index (κ2) is 6.04. The van der Waals surface area contributed by atoms with Crippen LogP contribution in [-0.2, 0) is 6.42 Å². The molecule has 19 heavy (non-hydrogen) atoms. The van der Waals surface area contributed by atoms with Gasteiger partial charge in [-0.2, -0.15) is 0 Å². The number of pyridine rings is 1. The summed E-state index contributed by atoms with van der Waals surface area (Å²) in [5.41, 5.74) is 2.89. The van der Waals surface area contributed by atoms with Gasteiger partial charge in [0.1, 0.15) is 0 Å². The molecule has 3 rings (SSSR count). The van der Waals surface area contributed by atoms with Crippen molar-refractivity contribution in [2.24, 2.45) is 5.92 Å². The van der Waals surface area contributed by atoms with Crippen molar-refractivity contribution in [3.05, 3.63) is 29.6 Å². The van der Waals surface area contributed by atoms with Crippen molar-refractivity contribution in [2.75, 3.05) is 6.54 Å². The van der Waals surface area contributed by atoms with Crippen molar-refractivity contribution in [1.82, 2.24) is 10.3 Å². The first-order valence-electron chi connectivity index (χ1n) is 8.05. The summed E-state index contributed by atoms with van der Waals surface area (Å²) in [6.07, 6.45) is 11.3. The van der Waals surface area contributed by atoms with Crippen LogP contribution in [0, 0.1) is 5.92 Å². The molecule has 1 fully saturated rings. The molecule has 0 amide bonds. The molecule has 1 saturated carbocycles. The molecule has 2 nitrogen and oxygen atoms in total. The Bertz CT molecular complexity index is 411. The van der Waals surface area contributed by atoms with Crippen molar-refractivity contribution in [1.29, 1.82) is 0 Å². The molecular weight excluding hydrogens is 232 g/mol. The molecule has 0 saturated heterocycles. The van der Waals surface area contributed by atoms with E-state index in [4.69, 9.17) is 4.98 Å². The number of aryl methyl sites for hydroxylation is 1. The van der Waals surface area contributed by atoms with E-state index in [1.54, 1.807) is 0 Å². The molecule has 0 spiro atoms. The lowest BCUT2D eigenvalue weighted by atomic mass is 9.80. The summed E-state index contributed by atoms with van der Waals surface area (Å²) < 4.78 is 0. The van der Waals surface area contributed by atoms with Crippen LogP contribution >= 0.6 is 0 Å². The Hall–Kier alpha value is -0.890. The Balaban J connectivity index is 1.77. The van der Waals surface area contributed by atoms with Crippen molar-refractivity contribution in [2.45, 2.75) is 63.8 Å². The Morgan fingerprint density at radius 3 is 3.05 bits per heavy atom. The van der Waals surface area contributed by atoms with E-state index >= 15 is 0 Å². The molecule has 2 aliphatic carbocycles. The zero-order chi connectivity index (χ0) is 13.1. The Kier molecular flexibility index (Phi) is 4.17. The van der Waals surface area contributed by atoms with E-state index in [2.05, 4.69) is 24.4 Å². The molecule has 2 heteroatoms. The molecule has 2 aliphatic rings. The van der Waals surface area contributed by atoms with Crippen LogP contribution in [0.1, 0.15) is 62.6 Å². The molecule has 0 bridgehead atoms. The number of nitrogens with one attached hydrogen (secondary N) is 1. The highest BCUT2D eigenvalue weighted by atomic mass is 14.9. The van der Waals surface area contributed by atoms with Gasteiger partial charge in [-0.25, -0.2) is 0 Å². The zero-order valence-electron chi connectivity index (χ0n) is 12.1. The normalized spacial score (nSPS) is 23.9. The fourth-order valence-corrected chi connectivity index (χ4v) is 3.47. The monoisotopic (exact) mass is 258 g/mol. The van der Waals surface area contributed by atoms with Crippen LogP contribution in [0.4, 0.5) is 0 Å². The van der Waals surface area contributed by atoms with Gasteiger partial charge >= 0.3 is 0 Å². The summed E-state index contributed by atoms with van der Waals surface area (Å²) in [6, 6.07) is 5.03. The highest BCUT2D eigenvalue weighted by Crippen LogP contribution is 2.40. The lowest BCUT2D eigenvalue weighted by Gasteiger charge is -2.32. The van der Waals surface area contributed by atoms with Crippen LogP contribution in [0.25, 0.3) is 0 Å². The van der Waals surface area contributed by atoms with Crippen LogP contribution in [0.2, 0.25) is 0 Å². The number of hydrogen-bond acceptors (Lipinski definition) is 2. The van der Waals surface area contributed by atoms with Crippen molar-refractivity contribution in [3.8, 4) is 0 Å². The third kappa shape index (κ3) is 3.17. The summed E-state index contributed by atoms with van der Waals surface area (Å²) in [5, 5.41) is 3.81. The Morgan fingerprint density at radius 1 is 1.37 bits per heavy atom. The van der Waals surface area contributed by atoms with Crippen LogP contribution in [0.3, 0.4) is 0 Å². The zero-order valence-corrected chi connectivity index (χ0v) is 12.1. The topological polar surface area (TPSA) is 24.9 Å². The smallest absolute Gasteiger partial charge is 0.0481 e. The molecule has 2 atom stereocenters. The average molecular weight is 258 g/mol. The van der Waals surface area contributed by atoms with E-state index in [9.17, 15) is 0 Å². The van der Waals surface area contributed by atoms with Crippen molar-refractivity contribution in [3.63, 3.8) is 0 Å². The Morgan fingerprint density at radius 2 is 2.26 bits per heavy atom. The number of fused-ring (bicyclic) bond motifs is 1. The number of hydrogen-bond donors (Lipinski definition) is 1. The minimum atomic E-state index is 0.650. The van der Waals surface area contributed by atoms with Crippen molar-refractivity contribution < 1.29 is 0 Å². The summed E-state index contributed by atoms with van der Waals surface area (Å²) >= 11 is 0. The van der Waals surface area contributed by atoms with E-state index in [0.29, 0.717) is 12.0 Å². The van der Waals surface area contributed by atoms with Crippen LogP contribution in [0.15, 0.2) is 18.3 Å². The van der Waals surface area contributed by atoms with Gasteiger partial charge in [0, 0.05) is 23.9 Å². The van der Waals surface area contributed by atoms with Gasteiger partial charge in [-0.15, -0.1) is 0 Å². The van der Waals surface area contributed by atoms with E-state index in [0.717, 1.165) is 12.5 Å².